The molecule has 67 heavy (non-hydrogen) atoms. The molecule has 1 aliphatic rings. The minimum absolute atomic E-state index is 0.0138. The summed E-state index contributed by atoms with van der Waals surface area (Å²) in [6, 6.07) is 43.3. The maximum Gasteiger partial charge on any atom is 0.339 e. The zero-order valence-electron chi connectivity index (χ0n) is 38.6. The van der Waals surface area contributed by atoms with Crippen LogP contribution in [0, 0.1) is 6.92 Å². The number of carboxylic acid groups (broad SMARTS) is 1. The molecule has 1 N–H and O–H groups in total. The van der Waals surface area contributed by atoms with Gasteiger partial charge in [-0.25, -0.2) is 4.79 Å². The summed E-state index contributed by atoms with van der Waals surface area (Å²) in [5, 5.41) is 12.5. The summed E-state index contributed by atoms with van der Waals surface area (Å²) in [6.45, 7) is 2.92. The minimum Gasteiger partial charge on any atom is -0.496 e. The summed E-state index contributed by atoms with van der Waals surface area (Å²) in [4.78, 5) is 12.8. The Hall–Kier alpha value is -6.67. The van der Waals surface area contributed by atoms with Gasteiger partial charge in [0.25, 0.3) is 0 Å². The van der Waals surface area contributed by atoms with Gasteiger partial charge in [-0.15, -0.1) is 0 Å². The molecule has 1 aliphatic heterocycles. The van der Waals surface area contributed by atoms with Crippen LogP contribution < -0.4 is 23.7 Å². The number of fused-ring (bicyclic) bond motifs is 2. The highest BCUT2D eigenvalue weighted by molar-refractivity contribution is 6.18. The van der Waals surface area contributed by atoms with Crippen molar-refractivity contribution < 1.29 is 57.3 Å². The molecule has 1 heterocycles. The Morgan fingerprint density at radius 1 is 0.522 bits per heavy atom. The molecule has 1 saturated heterocycles. The second-order valence-electron chi connectivity index (χ2n) is 16.2. The standard InChI is InChI=1S/C55H56O12/c1-34-44-39(27-41(58-2)45(34)55(56)57)48(60-4)46-42(59-3)28-40(49(61-5)47(46)52(44)62-6)50-53(65-31-37-23-15-9-16-24-37)54(66-32-38-25-17-10-18-26-38)51(64-30-36-21-13-8-14-22-36)43(67-50)33-63-29-35-19-11-7-12-20-35/h7-28,43,50-51,53-54H,29-33H2,1-6H3,(H,56,57)/t43-,50+,51-,53+,54+/m1/s1. The lowest BCUT2D eigenvalue weighted by molar-refractivity contribution is -0.275. The fourth-order valence-electron chi connectivity index (χ4n) is 9.10. The van der Waals surface area contributed by atoms with Gasteiger partial charge in [0, 0.05) is 16.3 Å². The van der Waals surface area contributed by atoms with Crippen LogP contribution in [0.5, 0.6) is 28.7 Å². The van der Waals surface area contributed by atoms with Crippen molar-refractivity contribution in [2.45, 2.75) is 63.9 Å². The van der Waals surface area contributed by atoms with Gasteiger partial charge in [0.15, 0.2) is 0 Å². The second-order valence-corrected chi connectivity index (χ2v) is 16.2. The van der Waals surface area contributed by atoms with E-state index in [1.165, 1.54) is 14.2 Å². The molecule has 12 heteroatoms. The first-order valence-electron chi connectivity index (χ1n) is 22.1. The lowest BCUT2D eigenvalue weighted by atomic mass is 9.87. The van der Waals surface area contributed by atoms with Gasteiger partial charge >= 0.3 is 5.97 Å². The van der Waals surface area contributed by atoms with E-state index in [0.717, 1.165) is 22.3 Å². The van der Waals surface area contributed by atoms with Crippen LogP contribution in [0.2, 0.25) is 0 Å². The Labute approximate surface area is 390 Å². The molecular weight excluding hydrogens is 853 g/mol. The number of methoxy groups -OCH3 is 5. The average Bonchev–Trinajstić information content (AvgIpc) is 3.36. The fraction of sp³-hybridized carbons (Fsp3) is 0.291. The molecule has 7 aromatic rings. The van der Waals surface area contributed by atoms with Crippen molar-refractivity contribution in [1.82, 2.24) is 0 Å². The van der Waals surface area contributed by atoms with Crippen LogP contribution in [0.3, 0.4) is 0 Å². The van der Waals surface area contributed by atoms with Crippen LogP contribution in [0.1, 0.15) is 49.8 Å². The first-order valence-corrected chi connectivity index (χ1v) is 22.1. The predicted octanol–water partition coefficient (Wildman–Crippen LogP) is 10.5. The van der Waals surface area contributed by atoms with E-state index in [9.17, 15) is 9.90 Å². The zero-order valence-corrected chi connectivity index (χ0v) is 38.6. The smallest absolute Gasteiger partial charge is 0.339 e. The van der Waals surface area contributed by atoms with Crippen LogP contribution in [0.4, 0.5) is 0 Å². The molecule has 0 aromatic heterocycles. The normalized spacial score (nSPS) is 18.1. The summed E-state index contributed by atoms with van der Waals surface area (Å²) in [5.74, 6) is 0.529. The van der Waals surface area contributed by atoms with Crippen LogP contribution >= 0.6 is 0 Å². The molecule has 0 spiro atoms. The number of ether oxygens (including phenoxy) is 10. The van der Waals surface area contributed by atoms with E-state index in [0.29, 0.717) is 62.3 Å². The van der Waals surface area contributed by atoms with Crippen molar-refractivity contribution in [2.24, 2.45) is 0 Å². The van der Waals surface area contributed by atoms with Crippen molar-refractivity contribution >= 4 is 27.5 Å². The number of carboxylic acids is 1. The summed E-state index contributed by atoms with van der Waals surface area (Å²) in [5.41, 5.74) is 4.84. The summed E-state index contributed by atoms with van der Waals surface area (Å²) in [7, 11) is 7.67. The Morgan fingerprint density at radius 2 is 1.00 bits per heavy atom. The second kappa shape index (κ2) is 21.8. The third kappa shape index (κ3) is 9.90. The summed E-state index contributed by atoms with van der Waals surface area (Å²) >= 11 is 0. The van der Waals surface area contributed by atoms with Gasteiger partial charge in [-0.3, -0.25) is 0 Å². The SMILES string of the molecule is COc1cc2c(OC)c3c(OC)cc([C@@H]4O[C@H](COCc5ccccc5)[C@@H](OCc5ccccc5)[C@H](OCc5ccccc5)[C@H]4OCc4ccccc4)c(OC)c3c(OC)c2c(C)c1C(=O)O. The number of benzene rings is 7. The zero-order chi connectivity index (χ0) is 46.9. The largest absolute Gasteiger partial charge is 0.496 e. The van der Waals surface area contributed by atoms with E-state index < -0.39 is 36.5 Å². The topological polar surface area (TPSA) is 130 Å². The van der Waals surface area contributed by atoms with Crippen LogP contribution in [-0.2, 0) is 50.1 Å². The van der Waals surface area contributed by atoms with Crippen LogP contribution in [0.15, 0.2) is 133 Å². The van der Waals surface area contributed by atoms with E-state index in [1.807, 2.05) is 127 Å². The van der Waals surface area contributed by atoms with Crippen LogP contribution in [-0.4, -0.2) is 77.6 Å². The van der Waals surface area contributed by atoms with Gasteiger partial charge in [0.1, 0.15) is 64.8 Å². The minimum atomic E-state index is -1.16. The molecule has 0 bridgehead atoms. The lowest BCUT2D eigenvalue weighted by Crippen LogP contribution is -2.58. The van der Waals surface area contributed by atoms with E-state index in [1.54, 1.807) is 34.3 Å². The van der Waals surface area contributed by atoms with Gasteiger partial charge in [-0.05, 0) is 46.9 Å². The summed E-state index contributed by atoms with van der Waals surface area (Å²) in [6.07, 6.45) is -3.89. The highest BCUT2D eigenvalue weighted by Gasteiger charge is 2.50. The molecular formula is C55H56O12. The molecule has 1 fully saturated rings. The van der Waals surface area contributed by atoms with E-state index in [2.05, 4.69) is 0 Å². The molecule has 7 aromatic carbocycles. The Kier molecular flexibility index (Phi) is 15.2. The quantitative estimate of drug-likeness (QED) is 0.0731. The first kappa shape index (κ1) is 46.8. The Balaban J connectivity index is 1.36. The fourth-order valence-corrected chi connectivity index (χ4v) is 9.10. The number of hydrogen-bond acceptors (Lipinski definition) is 11. The van der Waals surface area contributed by atoms with Gasteiger partial charge in [0.05, 0.1) is 79.4 Å². The average molecular weight is 909 g/mol. The van der Waals surface area contributed by atoms with E-state index in [-0.39, 0.29) is 37.7 Å². The van der Waals surface area contributed by atoms with Gasteiger partial charge in [0.2, 0.25) is 0 Å². The highest BCUT2D eigenvalue weighted by Crippen LogP contribution is 2.55. The molecule has 5 atom stereocenters. The third-order valence-corrected chi connectivity index (χ3v) is 12.2. The number of aromatic carboxylic acids is 1. The molecule has 0 unspecified atom stereocenters. The van der Waals surface area contributed by atoms with Crippen molar-refractivity contribution in [2.75, 3.05) is 42.2 Å². The molecule has 348 valence electrons. The lowest BCUT2D eigenvalue weighted by Gasteiger charge is -2.46. The number of aryl methyl sites for hydroxylation is 1. The van der Waals surface area contributed by atoms with E-state index >= 15 is 0 Å². The predicted molar refractivity (Wildman–Crippen MR) is 255 cm³/mol. The molecule has 0 radical (unpaired) electrons. The van der Waals surface area contributed by atoms with Gasteiger partial charge in [-0.1, -0.05) is 121 Å². The van der Waals surface area contributed by atoms with Crippen molar-refractivity contribution in [1.29, 1.82) is 0 Å². The first-order chi connectivity index (χ1) is 32.8. The number of carbonyl (C=O) groups is 1. The highest BCUT2D eigenvalue weighted by atomic mass is 16.6. The number of hydrogen-bond donors (Lipinski definition) is 1. The van der Waals surface area contributed by atoms with Crippen LogP contribution in [0.25, 0.3) is 21.5 Å². The van der Waals surface area contributed by atoms with Gasteiger partial charge in [-0.2, -0.15) is 0 Å². The Bertz CT molecular complexity index is 2750. The maximum absolute atomic E-state index is 12.8. The number of rotatable bonds is 20. The summed E-state index contributed by atoms with van der Waals surface area (Å²) < 4.78 is 65.8. The Morgan fingerprint density at radius 3 is 1.48 bits per heavy atom. The molecule has 0 amide bonds. The molecule has 0 aliphatic carbocycles. The van der Waals surface area contributed by atoms with Crippen molar-refractivity contribution in [3.8, 4) is 28.7 Å². The van der Waals surface area contributed by atoms with Crippen molar-refractivity contribution in [3.05, 3.63) is 172 Å². The maximum atomic E-state index is 12.8. The third-order valence-electron chi connectivity index (χ3n) is 12.2. The molecule has 12 nitrogen and oxygen atoms in total. The van der Waals surface area contributed by atoms with Gasteiger partial charge < -0.3 is 52.5 Å². The molecule has 8 rings (SSSR count). The van der Waals surface area contributed by atoms with Crippen molar-refractivity contribution in [3.63, 3.8) is 0 Å². The molecule has 0 saturated carbocycles. The monoisotopic (exact) mass is 908 g/mol. The van der Waals surface area contributed by atoms with E-state index in [4.69, 9.17) is 47.4 Å².